The lowest BCUT2D eigenvalue weighted by Crippen LogP contribution is -2.09. The van der Waals surface area contributed by atoms with Gasteiger partial charge in [-0.05, 0) is 38.5 Å². The lowest BCUT2D eigenvalue weighted by atomic mass is 9.98. The molecular weight excluding hydrogens is 232 g/mol. The van der Waals surface area contributed by atoms with Crippen molar-refractivity contribution in [2.24, 2.45) is 0 Å². The van der Waals surface area contributed by atoms with E-state index in [1.807, 2.05) is 0 Å². The lowest BCUT2D eigenvalue weighted by molar-refractivity contribution is 0.130. The molecule has 0 unspecified atom stereocenters. The SMILES string of the molecule is C1=CCCCC1.C1CCCCC1.OC1CCCCC1. The second-order valence-corrected chi connectivity index (χ2v) is 6.17. The molecule has 3 rings (SSSR count). The van der Waals surface area contributed by atoms with Crippen molar-refractivity contribution in [3.8, 4) is 0 Å². The zero-order chi connectivity index (χ0) is 13.6. The van der Waals surface area contributed by atoms with Gasteiger partial charge >= 0.3 is 0 Å². The van der Waals surface area contributed by atoms with E-state index in [1.165, 1.54) is 83.5 Å². The van der Waals surface area contributed by atoms with Gasteiger partial charge < -0.3 is 5.11 Å². The van der Waals surface area contributed by atoms with E-state index in [0.717, 1.165) is 12.8 Å². The summed E-state index contributed by atoms with van der Waals surface area (Å²) in [4.78, 5) is 0. The van der Waals surface area contributed by atoms with Gasteiger partial charge in [-0.25, -0.2) is 0 Å². The molecule has 2 saturated carbocycles. The van der Waals surface area contributed by atoms with Crippen molar-refractivity contribution in [1.82, 2.24) is 0 Å². The number of hydrogen-bond donors (Lipinski definition) is 1. The van der Waals surface area contributed by atoms with Crippen molar-refractivity contribution < 1.29 is 5.11 Å². The number of aliphatic hydroxyl groups excluding tert-OH is 1. The first-order valence-corrected chi connectivity index (χ1v) is 8.72. The largest absolute Gasteiger partial charge is 0.393 e. The van der Waals surface area contributed by atoms with Crippen LogP contribution in [0.2, 0.25) is 0 Å². The van der Waals surface area contributed by atoms with Gasteiger partial charge in [0.25, 0.3) is 0 Å². The molecule has 0 heterocycles. The highest BCUT2D eigenvalue weighted by atomic mass is 16.3. The Balaban J connectivity index is 0.000000143. The fraction of sp³-hybridized carbons (Fsp3) is 0.889. The van der Waals surface area contributed by atoms with E-state index in [1.54, 1.807) is 0 Å². The summed E-state index contributed by atoms with van der Waals surface area (Å²) < 4.78 is 0. The van der Waals surface area contributed by atoms with Crippen LogP contribution in [0.15, 0.2) is 12.2 Å². The van der Waals surface area contributed by atoms with E-state index in [-0.39, 0.29) is 6.10 Å². The predicted octanol–water partition coefficient (Wildman–Crippen LogP) is 5.77. The Kier molecular flexibility index (Phi) is 11.2. The van der Waals surface area contributed by atoms with Crippen molar-refractivity contribution in [3.05, 3.63) is 12.2 Å². The standard InChI is InChI=1S/C6H12O.C6H12.C6H10/c7-6-4-2-1-3-5-6;2*1-2-4-6-5-3-1/h6-7H,1-5H2;1-6H2;1-2H,3-6H2. The van der Waals surface area contributed by atoms with Gasteiger partial charge in [0.15, 0.2) is 0 Å². The van der Waals surface area contributed by atoms with E-state index in [4.69, 9.17) is 5.11 Å². The minimum Gasteiger partial charge on any atom is -0.393 e. The second-order valence-electron chi connectivity index (χ2n) is 6.17. The number of aliphatic hydroxyl groups is 1. The molecule has 2 fully saturated rings. The molecule has 1 N–H and O–H groups in total. The first kappa shape index (κ1) is 16.8. The van der Waals surface area contributed by atoms with Crippen LogP contribution in [-0.2, 0) is 0 Å². The smallest absolute Gasteiger partial charge is 0.0540 e. The molecule has 1 heteroatoms. The monoisotopic (exact) mass is 266 g/mol. The predicted molar refractivity (Wildman–Crippen MR) is 84.4 cm³/mol. The van der Waals surface area contributed by atoms with Gasteiger partial charge in [-0.1, -0.05) is 69.9 Å². The maximum absolute atomic E-state index is 8.91. The molecule has 0 aromatic rings. The van der Waals surface area contributed by atoms with Crippen molar-refractivity contribution in [2.45, 2.75) is 102 Å². The van der Waals surface area contributed by atoms with Gasteiger partial charge in [0.05, 0.1) is 6.10 Å². The molecule has 0 spiro atoms. The lowest BCUT2D eigenvalue weighted by Gasteiger charge is -2.14. The summed E-state index contributed by atoms with van der Waals surface area (Å²) in [5.41, 5.74) is 0. The third kappa shape index (κ3) is 11.2. The van der Waals surface area contributed by atoms with E-state index >= 15 is 0 Å². The van der Waals surface area contributed by atoms with Crippen LogP contribution in [0.25, 0.3) is 0 Å². The van der Waals surface area contributed by atoms with Gasteiger partial charge in [0, 0.05) is 0 Å². The molecule has 112 valence electrons. The highest BCUT2D eigenvalue weighted by Crippen LogP contribution is 2.16. The van der Waals surface area contributed by atoms with Crippen molar-refractivity contribution in [3.63, 3.8) is 0 Å². The molecule has 0 aliphatic heterocycles. The molecule has 0 saturated heterocycles. The zero-order valence-corrected chi connectivity index (χ0v) is 12.8. The Labute approximate surface area is 120 Å². The summed E-state index contributed by atoms with van der Waals surface area (Å²) >= 11 is 0. The maximum atomic E-state index is 8.91. The zero-order valence-electron chi connectivity index (χ0n) is 12.8. The highest BCUT2D eigenvalue weighted by molar-refractivity contribution is 4.85. The molecule has 0 amide bonds. The number of hydrogen-bond acceptors (Lipinski definition) is 1. The highest BCUT2D eigenvalue weighted by Gasteiger charge is 2.07. The normalized spacial score (nSPS) is 23.6. The van der Waals surface area contributed by atoms with Crippen molar-refractivity contribution in [2.75, 3.05) is 0 Å². The van der Waals surface area contributed by atoms with Crippen LogP contribution in [0.4, 0.5) is 0 Å². The maximum Gasteiger partial charge on any atom is 0.0540 e. The fourth-order valence-corrected chi connectivity index (χ4v) is 2.90. The summed E-state index contributed by atoms with van der Waals surface area (Å²) in [5, 5.41) is 8.91. The topological polar surface area (TPSA) is 20.2 Å². The van der Waals surface area contributed by atoms with Gasteiger partial charge in [-0.15, -0.1) is 0 Å². The Bertz CT molecular complexity index is 180. The molecular formula is C18H34O. The molecule has 3 aliphatic rings. The van der Waals surface area contributed by atoms with Gasteiger partial charge in [0.1, 0.15) is 0 Å². The van der Waals surface area contributed by atoms with Crippen LogP contribution >= 0.6 is 0 Å². The summed E-state index contributed by atoms with van der Waals surface area (Å²) in [6.45, 7) is 0. The molecule has 0 radical (unpaired) electrons. The minimum atomic E-state index is 0.0359. The van der Waals surface area contributed by atoms with Gasteiger partial charge in [0.2, 0.25) is 0 Å². The van der Waals surface area contributed by atoms with Crippen molar-refractivity contribution >= 4 is 0 Å². The van der Waals surface area contributed by atoms with E-state index in [2.05, 4.69) is 12.2 Å². The van der Waals surface area contributed by atoms with Crippen LogP contribution in [-0.4, -0.2) is 11.2 Å². The second kappa shape index (κ2) is 12.7. The average Bonchev–Trinajstić information content (AvgIpc) is 2.53. The van der Waals surface area contributed by atoms with Crippen LogP contribution < -0.4 is 0 Å². The molecule has 0 aromatic carbocycles. The Morgan fingerprint density at radius 3 is 1.11 bits per heavy atom. The first-order chi connectivity index (χ1) is 9.39. The molecule has 0 aromatic heterocycles. The summed E-state index contributed by atoms with van der Waals surface area (Å²) in [6.07, 6.45) is 24.9. The van der Waals surface area contributed by atoms with Crippen LogP contribution in [0.5, 0.6) is 0 Å². The summed E-state index contributed by atoms with van der Waals surface area (Å²) in [7, 11) is 0. The van der Waals surface area contributed by atoms with E-state index in [9.17, 15) is 0 Å². The molecule has 0 atom stereocenters. The van der Waals surface area contributed by atoms with Crippen LogP contribution in [0.3, 0.4) is 0 Å². The minimum absolute atomic E-state index is 0.0359. The van der Waals surface area contributed by atoms with Crippen LogP contribution in [0, 0.1) is 0 Å². The fourth-order valence-electron chi connectivity index (χ4n) is 2.90. The third-order valence-electron chi connectivity index (χ3n) is 4.23. The average molecular weight is 266 g/mol. The molecule has 3 aliphatic carbocycles. The van der Waals surface area contributed by atoms with Crippen LogP contribution in [0.1, 0.15) is 96.3 Å². The van der Waals surface area contributed by atoms with Gasteiger partial charge in [-0.3, -0.25) is 0 Å². The quantitative estimate of drug-likeness (QED) is 0.552. The Morgan fingerprint density at radius 1 is 0.526 bits per heavy atom. The summed E-state index contributed by atoms with van der Waals surface area (Å²) in [6, 6.07) is 0. The number of allylic oxidation sites excluding steroid dienone is 2. The van der Waals surface area contributed by atoms with Crippen molar-refractivity contribution in [1.29, 1.82) is 0 Å². The first-order valence-electron chi connectivity index (χ1n) is 8.72. The molecule has 19 heavy (non-hydrogen) atoms. The Morgan fingerprint density at radius 2 is 0.895 bits per heavy atom. The summed E-state index contributed by atoms with van der Waals surface area (Å²) in [5.74, 6) is 0. The van der Waals surface area contributed by atoms with E-state index in [0.29, 0.717) is 0 Å². The molecule has 1 nitrogen and oxygen atoms in total. The molecule has 0 bridgehead atoms. The third-order valence-corrected chi connectivity index (χ3v) is 4.23. The number of rotatable bonds is 0. The van der Waals surface area contributed by atoms with E-state index < -0.39 is 0 Å². The Hall–Kier alpha value is -0.300. The van der Waals surface area contributed by atoms with Gasteiger partial charge in [-0.2, -0.15) is 0 Å².